The second kappa shape index (κ2) is 6.95. The molecule has 0 atom stereocenters. The van der Waals surface area contributed by atoms with E-state index in [1.54, 1.807) is 0 Å². The van der Waals surface area contributed by atoms with Gasteiger partial charge in [-0.3, -0.25) is 0 Å². The minimum atomic E-state index is 0.655. The maximum atomic E-state index is 5.93. The van der Waals surface area contributed by atoms with Crippen LogP contribution in [-0.4, -0.2) is 6.04 Å². The molecule has 1 aliphatic rings. The highest BCUT2D eigenvalue weighted by atomic mass is 79.9. The van der Waals surface area contributed by atoms with E-state index in [2.05, 4.69) is 52.4 Å². The third kappa shape index (κ3) is 4.31. The summed E-state index contributed by atoms with van der Waals surface area (Å²) in [6, 6.07) is 11.3. The molecule has 1 aliphatic carbocycles. The van der Waals surface area contributed by atoms with Crippen LogP contribution in [0.25, 0.3) is 0 Å². The minimum Gasteiger partial charge on any atom is -0.488 e. The van der Waals surface area contributed by atoms with Crippen molar-refractivity contribution in [3.05, 3.63) is 50.1 Å². The molecule has 0 radical (unpaired) electrons. The summed E-state index contributed by atoms with van der Waals surface area (Å²) in [5.41, 5.74) is 1.26. The Morgan fingerprint density at radius 2 is 2.05 bits per heavy atom. The van der Waals surface area contributed by atoms with Gasteiger partial charge < -0.3 is 10.1 Å². The van der Waals surface area contributed by atoms with Crippen molar-refractivity contribution in [2.75, 3.05) is 0 Å². The van der Waals surface area contributed by atoms with Gasteiger partial charge in [-0.15, -0.1) is 11.3 Å². The Morgan fingerprint density at radius 1 is 1.24 bits per heavy atom. The first-order valence-corrected chi connectivity index (χ1v) is 9.07. The number of hydrogen-bond acceptors (Lipinski definition) is 3. The van der Waals surface area contributed by atoms with Crippen molar-refractivity contribution in [2.45, 2.75) is 45.4 Å². The highest BCUT2D eigenvalue weighted by Crippen LogP contribution is 2.26. The van der Waals surface area contributed by atoms with Gasteiger partial charge in [-0.05, 0) is 55.2 Å². The average molecular weight is 366 g/mol. The maximum Gasteiger partial charge on any atom is 0.122 e. The van der Waals surface area contributed by atoms with E-state index in [-0.39, 0.29) is 0 Å². The number of thiophene rings is 1. The summed E-state index contributed by atoms with van der Waals surface area (Å²) in [6.07, 6.45) is 3.72. The van der Waals surface area contributed by atoms with E-state index < -0.39 is 0 Å². The summed E-state index contributed by atoms with van der Waals surface area (Å²) < 4.78 is 7.08. The summed E-state index contributed by atoms with van der Waals surface area (Å²) in [4.78, 5) is 2.70. The zero-order chi connectivity index (χ0) is 14.7. The molecule has 1 N–H and O–H groups in total. The van der Waals surface area contributed by atoms with Crippen molar-refractivity contribution >= 4 is 27.3 Å². The fourth-order valence-electron chi connectivity index (χ4n) is 2.16. The van der Waals surface area contributed by atoms with Gasteiger partial charge in [-0.2, -0.15) is 0 Å². The van der Waals surface area contributed by atoms with E-state index >= 15 is 0 Å². The van der Waals surface area contributed by atoms with Gasteiger partial charge in [0.1, 0.15) is 12.4 Å². The standard InChI is InChI=1S/C17H20BrNOS/c1-2-15-6-7-16(21-15)11-20-14-5-8-17(18)12(9-14)10-19-13-3-4-13/h5-9,13,19H,2-4,10-11H2,1H3. The molecular formula is C17H20BrNOS. The van der Waals surface area contributed by atoms with Crippen molar-refractivity contribution < 1.29 is 4.74 Å². The van der Waals surface area contributed by atoms with Crippen molar-refractivity contribution in [3.63, 3.8) is 0 Å². The molecule has 3 rings (SSSR count). The number of nitrogens with one attached hydrogen (secondary N) is 1. The molecule has 2 aromatic rings. The molecule has 0 bridgehead atoms. The molecule has 0 saturated heterocycles. The Labute approximate surface area is 138 Å². The molecule has 1 aromatic carbocycles. The van der Waals surface area contributed by atoms with Gasteiger partial charge in [-0.1, -0.05) is 22.9 Å². The predicted molar refractivity (Wildman–Crippen MR) is 92.0 cm³/mol. The lowest BCUT2D eigenvalue weighted by atomic mass is 10.2. The quantitative estimate of drug-likeness (QED) is 0.752. The monoisotopic (exact) mass is 365 g/mol. The first-order chi connectivity index (χ1) is 10.2. The normalized spacial score (nSPS) is 14.4. The van der Waals surface area contributed by atoms with E-state index in [1.807, 2.05) is 17.4 Å². The fourth-order valence-corrected chi connectivity index (χ4v) is 3.42. The van der Waals surface area contributed by atoms with Crippen LogP contribution in [-0.2, 0) is 19.6 Å². The van der Waals surface area contributed by atoms with Crippen LogP contribution in [0.3, 0.4) is 0 Å². The lowest BCUT2D eigenvalue weighted by molar-refractivity contribution is 0.309. The van der Waals surface area contributed by atoms with Crippen LogP contribution in [0.1, 0.15) is 35.1 Å². The van der Waals surface area contributed by atoms with Gasteiger partial charge in [0.15, 0.2) is 0 Å². The predicted octanol–water partition coefficient (Wildman–Crippen LogP) is 4.90. The van der Waals surface area contributed by atoms with E-state index in [9.17, 15) is 0 Å². The van der Waals surface area contributed by atoms with Gasteiger partial charge in [0.2, 0.25) is 0 Å². The first-order valence-electron chi connectivity index (χ1n) is 7.47. The lowest BCUT2D eigenvalue weighted by Gasteiger charge is -2.10. The molecule has 2 nitrogen and oxygen atoms in total. The van der Waals surface area contributed by atoms with Crippen molar-refractivity contribution in [2.24, 2.45) is 0 Å². The van der Waals surface area contributed by atoms with Crippen molar-refractivity contribution in [3.8, 4) is 5.75 Å². The highest BCUT2D eigenvalue weighted by molar-refractivity contribution is 9.10. The van der Waals surface area contributed by atoms with E-state index in [4.69, 9.17) is 4.74 Å². The number of halogens is 1. The molecular weight excluding hydrogens is 346 g/mol. The summed E-state index contributed by atoms with van der Waals surface area (Å²) in [5, 5.41) is 3.54. The van der Waals surface area contributed by atoms with Gasteiger partial charge in [0, 0.05) is 26.8 Å². The number of aryl methyl sites for hydroxylation is 1. The summed E-state index contributed by atoms with van der Waals surface area (Å²) in [7, 11) is 0. The molecule has 0 aliphatic heterocycles. The Balaban J connectivity index is 1.60. The Bertz CT molecular complexity index is 607. The van der Waals surface area contributed by atoms with Crippen molar-refractivity contribution in [1.82, 2.24) is 5.32 Å². The molecule has 0 unspecified atom stereocenters. The minimum absolute atomic E-state index is 0.655. The average Bonchev–Trinajstić information content (AvgIpc) is 3.21. The van der Waals surface area contributed by atoms with Crippen LogP contribution in [0.2, 0.25) is 0 Å². The van der Waals surface area contributed by atoms with E-state index in [1.165, 1.54) is 28.2 Å². The third-order valence-electron chi connectivity index (χ3n) is 3.62. The van der Waals surface area contributed by atoms with Gasteiger partial charge >= 0.3 is 0 Å². The Morgan fingerprint density at radius 3 is 2.76 bits per heavy atom. The maximum absolute atomic E-state index is 5.93. The first kappa shape index (κ1) is 15.1. The van der Waals surface area contributed by atoms with Gasteiger partial charge in [0.25, 0.3) is 0 Å². The Kier molecular flexibility index (Phi) is 4.99. The molecule has 1 fully saturated rings. The summed E-state index contributed by atoms with van der Waals surface area (Å²) >= 11 is 5.45. The summed E-state index contributed by atoms with van der Waals surface area (Å²) in [6.45, 7) is 3.74. The molecule has 4 heteroatoms. The smallest absolute Gasteiger partial charge is 0.122 e. The molecule has 0 amide bonds. The van der Waals surface area contributed by atoms with E-state index in [0.717, 1.165) is 29.2 Å². The lowest BCUT2D eigenvalue weighted by Crippen LogP contribution is -2.15. The van der Waals surface area contributed by atoms with Crippen LogP contribution < -0.4 is 10.1 Å². The molecule has 0 spiro atoms. The highest BCUT2D eigenvalue weighted by Gasteiger charge is 2.20. The van der Waals surface area contributed by atoms with Crippen LogP contribution in [0, 0.1) is 0 Å². The second-order valence-corrected chi connectivity index (χ2v) is 7.53. The number of ether oxygens (including phenoxy) is 1. The number of hydrogen-bond donors (Lipinski definition) is 1. The molecule has 21 heavy (non-hydrogen) atoms. The van der Waals surface area contributed by atoms with Crippen LogP contribution in [0.4, 0.5) is 0 Å². The topological polar surface area (TPSA) is 21.3 Å². The molecule has 1 saturated carbocycles. The number of rotatable bonds is 7. The summed E-state index contributed by atoms with van der Waals surface area (Å²) in [5.74, 6) is 0.942. The molecule has 1 heterocycles. The second-order valence-electron chi connectivity index (χ2n) is 5.42. The fraction of sp³-hybridized carbons (Fsp3) is 0.412. The van der Waals surface area contributed by atoms with Gasteiger partial charge in [-0.25, -0.2) is 0 Å². The largest absolute Gasteiger partial charge is 0.488 e. The molecule has 112 valence electrons. The van der Waals surface area contributed by atoms with E-state index in [0.29, 0.717) is 6.61 Å². The van der Waals surface area contributed by atoms with Crippen LogP contribution in [0.5, 0.6) is 5.75 Å². The SMILES string of the molecule is CCc1ccc(COc2ccc(Br)c(CNC3CC3)c2)s1. The zero-order valence-corrected chi connectivity index (χ0v) is 14.6. The van der Waals surface area contributed by atoms with Gasteiger partial charge in [0.05, 0.1) is 0 Å². The van der Waals surface area contributed by atoms with Crippen LogP contribution >= 0.6 is 27.3 Å². The molecule has 1 aromatic heterocycles. The third-order valence-corrected chi connectivity index (χ3v) is 5.60. The number of benzene rings is 1. The Hall–Kier alpha value is -0.840. The van der Waals surface area contributed by atoms with Crippen LogP contribution in [0.15, 0.2) is 34.8 Å². The van der Waals surface area contributed by atoms with Crippen molar-refractivity contribution in [1.29, 1.82) is 0 Å². The zero-order valence-electron chi connectivity index (χ0n) is 12.2.